The largest absolute Gasteiger partial charge is 0.391 e. The first kappa shape index (κ1) is 14.1. The highest BCUT2D eigenvalue weighted by molar-refractivity contribution is 5.91. The van der Waals surface area contributed by atoms with Gasteiger partial charge in [0.1, 0.15) is 6.54 Å². The van der Waals surface area contributed by atoms with E-state index in [1.54, 1.807) is 6.92 Å². The molecule has 0 atom stereocenters. The average molecular weight is 215 g/mol. The van der Waals surface area contributed by atoms with Crippen LogP contribution in [0.2, 0.25) is 0 Å². The topological polar surface area (TPSA) is 49.3 Å². The maximum absolute atomic E-state index is 11.1. The van der Waals surface area contributed by atoms with Crippen molar-refractivity contribution in [3.8, 4) is 0 Å². The number of hydrogen-bond acceptors (Lipinski definition) is 2. The van der Waals surface area contributed by atoms with Gasteiger partial charge in [0.25, 0.3) is 0 Å². The Morgan fingerprint density at radius 1 is 1.40 bits per heavy atom. The van der Waals surface area contributed by atoms with Gasteiger partial charge in [-0.2, -0.15) is 0 Å². The molecule has 0 aromatic heterocycles. The lowest BCUT2D eigenvalue weighted by molar-refractivity contribution is -0.890. The quantitative estimate of drug-likeness (QED) is 0.360. The molecule has 88 valence electrons. The first-order chi connectivity index (χ1) is 6.89. The molecule has 0 spiro atoms. The summed E-state index contributed by atoms with van der Waals surface area (Å²) in [4.78, 5) is 11.1. The highest BCUT2D eigenvalue weighted by Gasteiger charge is 2.13. The highest BCUT2D eigenvalue weighted by atomic mass is 16.3. The Hall–Kier alpha value is -0.870. The van der Waals surface area contributed by atoms with E-state index in [0.29, 0.717) is 12.1 Å². The molecular weight excluding hydrogens is 192 g/mol. The molecule has 0 radical (unpaired) electrons. The number of carbonyl (C=O) groups excluding carboxylic acids is 1. The molecule has 4 nitrogen and oxygen atoms in total. The van der Waals surface area contributed by atoms with Crippen molar-refractivity contribution in [2.75, 3.05) is 40.3 Å². The summed E-state index contributed by atoms with van der Waals surface area (Å²) in [5, 5.41) is 11.6. The van der Waals surface area contributed by atoms with Crippen LogP contribution in [0.1, 0.15) is 13.3 Å². The smallest absolute Gasteiger partial charge is 0.246 e. The summed E-state index contributed by atoms with van der Waals surface area (Å²) in [6.07, 6.45) is 0.909. The van der Waals surface area contributed by atoms with Gasteiger partial charge in [-0.3, -0.25) is 4.79 Å². The van der Waals surface area contributed by atoms with Gasteiger partial charge in [0.15, 0.2) is 0 Å². The number of amides is 1. The first-order valence-electron chi connectivity index (χ1n) is 5.25. The predicted octanol–water partition coefficient (Wildman–Crippen LogP) is 0.138. The fourth-order valence-electron chi connectivity index (χ4n) is 1.24. The Labute approximate surface area is 92.2 Å². The number of aliphatic hydroxyl groups excluding tert-OH is 1. The van der Waals surface area contributed by atoms with Gasteiger partial charge in [-0.25, -0.2) is 0 Å². The van der Waals surface area contributed by atoms with E-state index < -0.39 is 0 Å². The van der Waals surface area contributed by atoms with Crippen LogP contribution >= 0.6 is 0 Å². The zero-order valence-electron chi connectivity index (χ0n) is 10.0. The number of aliphatic hydroxyl groups is 1. The molecule has 0 aliphatic carbocycles. The van der Waals surface area contributed by atoms with Gasteiger partial charge >= 0.3 is 0 Å². The highest BCUT2D eigenvalue weighted by Crippen LogP contribution is 1.97. The van der Waals surface area contributed by atoms with Crippen molar-refractivity contribution in [2.24, 2.45) is 0 Å². The molecule has 0 saturated carbocycles. The van der Waals surface area contributed by atoms with Crippen LogP contribution in [-0.2, 0) is 4.79 Å². The Morgan fingerprint density at radius 2 is 2.00 bits per heavy atom. The normalized spacial score (nSPS) is 11.2. The Bertz CT molecular complexity index is 225. The molecule has 0 bridgehead atoms. The third-order valence-corrected chi connectivity index (χ3v) is 2.32. The fourth-order valence-corrected chi connectivity index (χ4v) is 1.24. The summed E-state index contributed by atoms with van der Waals surface area (Å²) in [5.74, 6) is -0.0811. The van der Waals surface area contributed by atoms with Gasteiger partial charge in [-0.15, -0.1) is 0 Å². The lowest BCUT2D eigenvalue weighted by atomic mass is 10.3. The van der Waals surface area contributed by atoms with Crippen LogP contribution in [0.4, 0.5) is 0 Å². The molecule has 1 amide bonds. The van der Waals surface area contributed by atoms with E-state index in [9.17, 15) is 4.79 Å². The SMILES string of the molecule is C=C(C)C(=O)NCCC[N+](C)(C)CCO. The van der Waals surface area contributed by atoms with Crippen molar-refractivity contribution < 1.29 is 14.4 Å². The van der Waals surface area contributed by atoms with Gasteiger partial charge in [-0.05, 0) is 6.92 Å². The van der Waals surface area contributed by atoms with Crippen LogP contribution < -0.4 is 5.32 Å². The molecule has 0 unspecified atom stereocenters. The second kappa shape index (κ2) is 6.58. The van der Waals surface area contributed by atoms with Gasteiger partial charge in [0, 0.05) is 18.5 Å². The van der Waals surface area contributed by atoms with Crippen molar-refractivity contribution in [1.82, 2.24) is 5.32 Å². The molecule has 2 N–H and O–H groups in total. The molecule has 0 rings (SSSR count). The number of rotatable bonds is 7. The zero-order valence-corrected chi connectivity index (χ0v) is 10.0. The third kappa shape index (κ3) is 7.11. The predicted molar refractivity (Wildman–Crippen MR) is 61.4 cm³/mol. The lowest BCUT2D eigenvalue weighted by Gasteiger charge is -2.28. The van der Waals surface area contributed by atoms with E-state index in [4.69, 9.17) is 5.11 Å². The van der Waals surface area contributed by atoms with E-state index in [1.807, 2.05) is 0 Å². The van der Waals surface area contributed by atoms with E-state index in [1.165, 1.54) is 0 Å². The molecule has 0 aliphatic rings. The van der Waals surface area contributed by atoms with E-state index >= 15 is 0 Å². The van der Waals surface area contributed by atoms with E-state index in [0.717, 1.165) is 24.0 Å². The molecule has 4 heteroatoms. The van der Waals surface area contributed by atoms with E-state index in [2.05, 4.69) is 26.0 Å². The molecule has 0 aromatic rings. The molecule has 15 heavy (non-hydrogen) atoms. The minimum Gasteiger partial charge on any atom is -0.391 e. The lowest BCUT2D eigenvalue weighted by Crippen LogP contribution is -2.43. The maximum Gasteiger partial charge on any atom is 0.246 e. The van der Waals surface area contributed by atoms with Gasteiger partial charge < -0.3 is 14.9 Å². The molecule has 0 fully saturated rings. The van der Waals surface area contributed by atoms with Crippen molar-refractivity contribution in [3.05, 3.63) is 12.2 Å². The summed E-state index contributed by atoms with van der Waals surface area (Å²) >= 11 is 0. The van der Waals surface area contributed by atoms with Crippen LogP contribution in [0.5, 0.6) is 0 Å². The summed E-state index contributed by atoms with van der Waals surface area (Å²) in [6.45, 7) is 7.81. The second-order valence-electron chi connectivity index (χ2n) is 4.50. The number of nitrogens with zero attached hydrogens (tertiary/aromatic N) is 1. The number of quaternary nitrogens is 1. The van der Waals surface area contributed by atoms with Gasteiger partial charge in [0.05, 0.1) is 27.2 Å². The Morgan fingerprint density at radius 3 is 2.47 bits per heavy atom. The monoisotopic (exact) mass is 215 g/mol. The maximum atomic E-state index is 11.1. The van der Waals surface area contributed by atoms with Crippen LogP contribution in [0.15, 0.2) is 12.2 Å². The van der Waals surface area contributed by atoms with Crippen molar-refractivity contribution in [3.63, 3.8) is 0 Å². The van der Waals surface area contributed by atoms with E-state index in [-0.39, 0.29) is 12.5 Å². The first-order valence-corrected chi connectivity index (χ1v) is 5.25. The van der Waals surface area contributed by atoms with Crippen molar-refractivity contribution >= 4 is 5.91 Å². The zero-order chi connectivity index (χ0) is 11.9. The minimum absolute atomic E-state index is 0.0811. The minimum atomic E-state index is -0.0811. The van der Waals surface area contributed by atoms with Crippen LogP contribution in [0.25, 0.3) is 0 Å². The van der Waals surface area contributed by atoms with Crippen LogP contribution in [0.3, 0.4) is 0 Å². The van der Waals surface area contributed by atoms with Crippen LogP contribution in [-0.4, -0.2) is 55.8 Å². The fraction of sp³-hybridized carbons (Fsp3) is 0.727. The molecule has 0 aromatic carbocycles. The number of carbonyl (C=O) groups is 1. The van der Waals surface area contributed by atoms with Crippen molar-refractivity contribution in [2.45, 2.75) is 13.3 Å². The number of likely N-dealkylation sites (N-methyl/N-ethyl adjacent to an activating group) is 1. The van der Waals surface area contributed by atoms with Gasteiger partial charge in [0.2, 0.25) is 5.91 Å². The summed E-state index contributed by atoms with van der Waals surface area (Å²) in [6, 6.07) is 0. The second-order valence-corrected chi connectivity index (χ2v) is 4.50. The number of hydrogen-bond donors (Lipinski definition) is 2. The Balaban J connectivity index is 3.62. The summed E-state index contributed by atoms with van der Waals surface area (Å²) in [7, 11) is 4.13. The van der Waals surface area contributed by atoms with Gasteiger partial charge in [-0.1, -0.05) is 6.58 Å². The molecular formula is C11H23N2O2+. The Kier molecular flexibility index (Phi) is 6.20. The molecule has 0 heterocycles. The summed E-state index contributed by atoms with van der Waals surface area (Å²) in [5.41, 5.74) is 0.541. The molecule has 0 saturated heterocycles. The average Bonchev–Trinajstić information content (AvgIpc) is 2.11. The van der Waals surface area contributed by atoms with Crippen LogP contribution in [0, 0.1) is 0 Å². The standard InChI is InChI=1S/C11H22N2O2/c1-10(2)11(15)12-6-5-7-13(3,4)8-9-14/h14H,1,5-9H2,2-4H3/p+1. The van der Waals surface area contributed by atoms with Crippen molar-refractivity contribution in [1.29, 1.82) is 0 Å². The third-order valence-electron chi connectivity index (χ3n) is 2.32. The molecule has 0 aliphatic heterocycles. The summed E-state index contributed by atoms with van der Waals surface area (Å²) < 4.78 is 0.777. The number of nitrogens with one attached hydrogen (secondary N) is 1.